The summed E-state index contributed by atoms with van der Waals surface area (Å²) in [6.07, 6.45) is 2.02. The van der Waals surface area contributed by atoms with Gasteiger partial charge in [0.05, 0.1) is 30.6 Å². The van der Waals surface area contributed by atoms with Gasteiger partial charge in [-0.05, 0) is 36.5 Å². The predicted molar refractivity (Wildman–Crippen MR) is 103 cm³/mol. The number of carbonyl (C=O) groups excluding carboxylic acids is 1. The molecule has 6 nitrogen and oxygen atoms in total. The van der Waals surface area contributed by atoms with E-state index < -0.39 is 6.10 Å². The molecule has 3 heterocycles. The lowest BCUT2D eigenvalue weighted by molar-refractivity contribution is -0.133. The molecule has 144 valence electrons. The summed E-state index contributed by atoms with van der Waals surface area (Å²) in [6.45, 7) is 6.33. The van der Waals surface area contributed by atoms with Crippen LogP contribution in [0.25, 0.3) is 0 Å². The van der Waals surface area contributed by atoms with Gasteiger partial charge in [-0.25, -0.2) is 0 Å². The molecular weight excluding hydrogens is 340 g/mol. The summed E-state index contributed by atoms with van der Waals surface area (Å²) in [5.74, 6) is 0.182. The Kier molecular flexibility index (Phi) is 5.27. The van der Waals surface area contributed by atoms with E-state index in [-0.39, 0.29) is 5.91 Å². The minimum Gasteiger partial charge on any atom is -0.387 e. The number of hydrogen-bond acceptors (Lipinski definition) is 4. The number of rotatable bonds is 4. The molecule has 0 saturated heterocycles. The highest BCUT2D eigenvalue weighted by molar-refractivity contribution is 5.78. The highest BCUT2D eigenvalue weighted by atomic mass is 16.3. The number of amides is 1. The molecule has 1 amide bonds. The first-order valence-corrected chi connectivity index (χ1v) is 9.95. The summed E-state index contributed by atoms with van der Waals surface area (Å²) < 4.78 is 1.96. The van der Waals surface area contributed by atoms with Gasteiger partial charge in [-0.3, -0.25) is 14.4 Å². The fourth-order valence-corrected chi connectivity index (χ4v) is 4.05. The summed E-state index contributed by atoms with van der Waals surface area (Å²) >= 11 is 0. The van der Waals surface area contributed by atoms with Crippen LogP contribution in [0.4, 0.5) is 0 Å². The summed E-state index contributed by atoms with van der Waals surface area (Å²) in [7, 11) is 0. The summed E-state index contributed by atoms with van der Waals surface area (Å²) in [6, 6.07) is 10.5. The smallest absolute Gasteiger partial charge is 0.237 e. The molecule has 1 atom stereocenters. The first-order valence-electron chi connectivity index (χ1n) is 9.95. The summed E-state index contributed by atoms with van der Waals surface area (Å²) in [4.78, 5) is 17.1. The molecule has 0 unspecified atom stereocenters. The van der Waals surface area contributed by atoms with Crippen LogP contribution in [0.2, 0.25) is 0 Å². The SMILES string of the molecule is CC[C@H](O)c1cc2n(n1)CCCN(C(=O)CN1CCc3ccccc3C1)C2. The van der Waals surface area contributed by atoms with Crippen molar-refractivity contribution in [2.24, 2.45) is 0 Å². The number of carbonyl (C=O) groups is 1. The fourth-order valence-electron chi connectivity index (χ4n) is 4.05. The highest BCUT2D eigenvalue weighted by Crippen LogP contribution is 2.21. The van der Waals surface area contributed by atoms with E-state index in [9.17, 15) is 9.90 Å². The van der Waals surface area contributed by atoms with E-state index in [0.717, 1.165) is 50.4 Å². The number of aliphatic hydroxyl groups excluding tert-OH is 1. The Morgan fingerprint density at radius 3 is 2.81 bits per heavy atom. The molecule has 0 saturated carbocycles. The van der Waals surface area contributed by atoms with Crippen LogP contribution in [0.5, 0.6) is 0 Å². The molecule has 0 bridgehead atoms. The second-order valence-corrected chi connectivity index (χ2v) is 7.61. The molecule has 2 aliphatic heterocycles. The van der Waals surface area contributed by atoms with E-state index in [1.807, 2.05) is 22.6 Å². The van der Waals surface area contributed by atoms with E-state index in [4.69, 9.17) is 0 Å². The van der Waals surface area contributed by atoms with Crippen molar-refractivity contribution in [1.82, 2.24) is 19.6 Å². The van der Waals surface area contributed by atoms with E-state index in [1.165, 1.54) is 11.1 Å². The van der Waals surface area contributed by atoms with Gasteiger partial charge >= 0.3 is 0 Å². The first kappa shape index (κ1) is 18.2. The maximum Gasteiger partial charge on any atom is 0.237 e. The molecule has 1 N–H and O–H groups in total. The topological polar surface area (TPSA) is 61.6 Å². The average Bonchev–Trinajstić information content (AvgIpc) is 2.98. The quantitative estimate of drug-likeness (QED) is 0.898. The number of nitrogens with zero attached hydrogens (tertiary/aromatic N) is 4. The van der Waals surface area contributed by atoms with Gasteiger partial charge in [0.1, 0.15) is 0 Å². The highest BCUT2D eigenvalue weighted by Gasteiger charge is 2.25. The molecule has 6 heteroatoms. The molecule has 2 aliphatic rings. The molecular formula is C21H28N4O2. The van der Waals surface area contributed by atoms with Crippen molar-refractivity contribution >= 4 is 5.91 Å². The van der Waals surface area contributed by atoms with Gasteiger partial charge in [-0.1, -0.05) is 31.2 Å². The zero-order valence-electron chi connectivity index (χ0n) is 16.0. The van der Waals surface area contributed by atoms with Crippen LogP contribution in [0.1, 0.15) is 48.4 Å². The van der Waals surface area contributed by atoms with Gasteiger partial charge in [-0.15, -0.1) is 0 Å². The van der Waals surface area contributed by atoms with Crippen LogP contribution in [0, 0.1) is 0 Å². The normalized spacial score (nSPS) is 18.5. The van der Waals surface area contributed by atoms with Crippen molar-refractivity contribution in [3.8, 4) is 0 Å². The number of benzene rings is 1. The van der Waals surface area contributed by atoms with Crippen molar-refractivity contribution < 1.29 is 9.90 Å². The van der Waals surface area contributed by atoms with Crippen LogP contribution in [-0.2, 0) is 30.8 Å². The average molecular weight is 368 g/mol. The van der Waals surface area contributed by atoms with Gasteiger partial charge in [0.25, 0.3) is 0 Å². The molecule has 0 spiro atoms. The standard InChI is InChI=1S/C21H28N4O2/c1-2-20(26)19-12-18-14-24(9-5-10-25(18)22-19)21(27)15-23-11-8-16-6-3-4-7-17(16)13-23/h3-4,6-7,12,20,26H,2,5,8-11,13-15H2,1H3/t20-/m0/s1. The van der Waals surface area contributed by atoms with Gasteiger partial charge in [0, 0.05) is 26.2 Å². The monoisotopic (exact) mass is 368 g/mol. The number of fused-ring (bicyclic) bond motifs is 2. The molecule has 4 rings (SSSR count). The third-order valence-corrected chi connectivity index (χ3v) is 5.68. The van der Waals surface area contributed by atoms with Crippen molar-refractivity contribution in [2.75, 3.05) is 19.6 Å². The zero-order valence-corrected chi connectivity index (χ0v) is 16.0. The maximum atomic E-state index is 12.9. The van der Waals surface area contributed by atoms with E-state index in [1.54, 1.807) is 0 Å². The van der Waals surface area contributed by atoms with Crippen LogP contribution in [0.3, 0.4) is 0 Å². The lowest BCUT2D eigenvalue weighted by Gasteiger charge is -2.30. The minimum absolute atomic E-state index is 0.182. The molecule has 1 aromatic heterocycles. The second-order valence-electron chi connectivity index (χ2n) is 7.61. The van der Waals surface area contributed by atoms with Crippen molar-refractivity contribution in [2.45, 2.75) is 51.9 Å². The van der Waals surface area contributed by atoms with E-state index >= 15 is 0 Å². The third-order valence-electron chi connectivity index (χ3n) is 5.68. The second kappa shape index (κ2) is 7.82. The maximum absolute atomic E-state index is 12.9. The Morgan fingerprint density at radius 2 is 2.00 bits per heavy atom. The van der Waals surface area contributed by atoms with Crippen LogP contribution < -0.4 is 0 Å². The zero-order chi connectivity index (χ0) is 18.8. The lowest BCUT2D eigenvalue weighted by Crippen LogP contribution is -2.42. The fraction of sp³-hybridized carbons (Fsp3) is 0.524. The first-order chi connectivity index (χ1) is 13.1. The molecule has 27 heavy (non-hydrogen) atoms. The van der Waals surface area contributed by atoms with Gasteiger partial charge in [0.2, 0.25) is 5.91 Å². The Morgan fingerprint density at radius 1 is 1.19 bits per heavy atom. The van der Waals surface area contributed by atoms with Crippen molar-refractivity contribution in [3.63, 3.8) is 0 Å². The summed E-state index contributed by atoms with van der Waals surface area (Å²) in [5, 5.41) is 14.6. The number of aryl methyl sites for hydroxylation is 1. The number of aromatic nitrogens is 2. The van der Waals surface area contributed by atoms with Crippen LogP contribution >= 0.6 is 0 Å². The summed E-state index contributed by atoms with van der Waals surface area (Å²) in [5.41, 5.74) is 4.48. The molecule has 1 aromatic carbocycles. The van der Waals surface area contributed by atoms with Gasteiger partial charge in [0.15, 0.2) is 0 Å². The van der Waals surface area contributed by atoms with Crippen molar-refractivity contribution in [1.29, 1.82) is 0 Å². The number of hydrogen-bond donors (Lipinski definition) is 1. The lowest BCUT2D eigenvalue weighted by atomic mass is 10.00. The Balaban J connectivity index is 1.41. The van der Waals surface area contributed by atoms with E-state index in [0.29, 0.717) is 19.5 Å². The van der Waals surface area contributed by atoms with E-state index in [2.05, 4.69) is 34.3 Å². The van der Waals surface area contributed by atoms with Crippen LogP contribution in [0.15, 0.2) is 30.3 Å². The Labute approximate surface area is 160 Å². The van der Waals surface area contributed by atoms with Gasteiger partial charge in [-0.2, -0.15) is 5.10 Å². The van der Waals surface area contributed by atoms with Crippen molar-refractivity contribution in [3.05, 3.63) is 52.8 Å². The third kappa shape index (κ3) is 3.92. The molecule has 0 aliphatic carbocycles. The Hall–Kier alpha value is -2.18. The molecule has 2 aromatic rings. The van der Waals surface area contributed by atoms with Gasteiger partial charge < -0.3 is 10.0 Å². The molecule has 0 fully saturated rings. The number of aliphatic hydroxyl groups is 1. The van der Waals surface area contributed by atoms with Crippen LogP contribution in [-0.4, -0.2) is 50.2 Å². The molecule has 0 radical (unpaired) electrons. The minimum atomic E-state index is -0.526. The predicted octanol–water partition coefficient (Wildman–Crippen LogP) is 2.12. The largest absolute Gasteiger partial charge is 0.387 e. The Bertz CT molecular complexity index is 816.